The molecule has 0 aliphatic heterocycles. The molecule has 1 heterocycles. The minimum Gasteiger partial charge on any atom is -0.481 e. The minimum absolute atomic E-state index is 0.0250. The molecule has 8 heteroatoms. The van der Waals surface area contributed by atoms with Crippen LogP contribution in [0.5, 0.6) is 5.88 Å². The lowest BCUT2D eigenvalue weighted by Gasteiger charge is -2.15. The Kier molecular flexibility index (Phi) is 8.84. The van der Waals surface area contributed by atoms with Crippen molar-refractivity contribution in [2.24, 2.45) is 5.73 Å². The second-order valence-corrected chi connectivity index (χ2v) is 5.59. The number of hydrogen-bond acceptors (Lipinski definition) is 6. The lowest BCUT2D eigenvalue weighted by molar-refractivity contribution is -0.135. The number of terminal acetylenes is 1. The number of amides is 2. The number of aliphatic hydroxyl groups is 1. The highest BCUT2D eigenvalue weighted by Crippen LogP contribution is 2.20. The molecule has 0 saturated carbocycles. The lowest BCUT2D eigenvalue weighted by Crippen LogP contribution is -2.35. The average molecular weight is 394 g/mol. The van der Waals surface area contributed by atoms with E-state index in [2.05, 4.69) is 34.7 Å². The van der Waals surface area contributed by atoms with Crippen molar-refractivity contribution in [3.05, 3.63) is 41.6 Å². The van der Waals surface area contributed by atoms with Crippen LogP contribution in [0.4, 0.5) is 0 Å². The SMILES string of the molecule is C#C.CCN(C)C(=O)[C@H](O)C#Cc1cccc(-c2nc(OC)cc(C(N)=O)n2)c1. The molecule has 29 heavy (non-hydrogen) atoms. The van der Waals surface area contributed by atoms with Gasteiger partial charge in [-0.05, 0) is 19.1 Å². The highest BCUT2D eigenvalue weighted by atomic mass is 16.5. The standard InChI is InChI=1S/C19H20N4O4.C2H2/c1-4-23(2)19(26)15(24)9-8-12-6-5-7-13(10-12)18-21-14(17(20)25)11-16(22-18)27-3;1-2/h5-7,10-11,15,24H,4H2,1-3H3,(H2,20,25);1-2H/t15-;/m1./s1. The molecule has 150 valence electrons. The fraction of sp³-hybridized carbons (Fsp3) is 0.238. The number of hydrogen-bond donors (Lipinski definition) is 2. The molecule has 1 aromatic heterocycles. The number of primary amides is 1. The van der Waals surface area contributed by atoms with Crippen molar-refractivity contribution in [1.82, 2.24) is 14.9 Å². The third-order valence-corrected chi connectivity index (χ3v) is 3.72. The fourth-order valence-electron chi connectivity index (χ4n) is 2.10. The zero-order valence-electron chi connectivity index (χ0n) is 16.4. The van der Waals surface area contributed by atoms with E-state index in [0.29, 0.717) is 17.7 Å². The zero-order chi connectivity index (χ0) is 22.0. The first kappa shape index (κ1) is 23.2. The molecule has 2 rings (SSSR count). The van der Waals surface area contributed by atoms with Crippen molar-refractivity contribution in [3.8, 4) is 42.0 Å². The van der Waals surface area contributed by atoms with Crippen LogP contribution in [0.25, 0.3) is 11.4 Å². The summed E-state index contributed by atoms with van der Waals surface area (Å²) in [5.41, 5.74) is 6.44. The zero-order valence-corrected chi connectivity index (χ0v) is 16.4. The van der Waals surface area contributed by atoms with Crippen molar-refractivity contribution < 1.29 is 19.4 Å². The molecule has 0 unspecified atom stereocenters. The minimum atomic E-state index is -1.41. The Bertz CT molecular complexity index is 960. The molecule has 2 amide bonds. The molecule has 0 aliphatic carbocycles. The largest absolute Gasteiger partial charge is 0.481 e. The van der Waals surface area contributed by atoms with Crippen LogP contribution in [0.3, 0.4) is 0 Å². The molecular weight excluding hydrogens is 372 g/mol. The molecule has 0 spiro atoms. The van der Waals surface area contributed by atoms with Gasteiger partial charge in [0.05, 0.1) is 7.11 Å². The molecule has 0 radical (unpaired) electrons. The number of ether oxygens (including phenoxy) is 1. The van der Waals surface area contributed by atoms with Crippen LogP contribution in [0.1, 0.15) is 23.0 Å². The Morgan fingerprint density at radius 1 is 1.31 bits per heavy atom. The van der Waals surface area contributed by atoms with Gasteiger partial charge in [0.25, 0.3) is 11.8 Å². The third-order valence-electron chi connectivity index (χ3n) is 3.72. The molecule has 0 aliphatic rings. The van der Waals surface area contributed by atoms with Crippen LogP contribution in [-0.4, -0.2) is 58.6 Å². The summed E-state index contributed by atoms with van der Waals surface area (Å²) in [7, 11) is 3.01. The summed E-state index contributed by atoms with van der Waals surface area (Å²) in [6, 6.07) is 8.19. The summed E-state index contributed by atoms with van der Waals surface area (Å²) in [4.78, 5) is 33.0. The van der Waals surface area contributed by atoms with E-state index in [4.69, 9.17) is 10.5 Å². The van der Waals surface area contributed by atoms with Crippen molar-refractivity contribution in [3.63, 3.8) is 0 Å². The molecule has 1 atom stereocenters. The molecule has 0 bridgehead atoms. The van der Waals surface area contributed by atoms with Gasteiger partial charge in [0.1, 0.15) is 5.69 Å². The number of nitrogens with zero attached hydrogens (tertiary/aromatic N) is 3. The van der Waals surface area contributed by atoms with Crippen LogP contribution in [0.15, 0.2) is 30.3 Å². The van der Waals surface area contributed by atoms with Crippen LogP contribution < -0.4 is 10.5 Å². The molecule has 0 fully saturated rings. The summed E-state index contributed by atoms with van der Waals surface area (Å²) in [5, 5.41) is 9.88. The number of carbonyl (C=O) groups is 2. The van der Waals surface area contributed by atoms with Crippen molar-refractivity contribution in [2.75, 3.05) is 20.7 Å². The average Bonchev–Trinajstić information content (AvgIpc) is 2.77. The Morgan fingerprint density at radius 3 is 2.59 bits per heavy atom. The van der Waals surface area contributed by atoms with E-state index in [1.165, 1.54) is 18.1 Å². The maximum atomic E-state index is 11.9. The fourth-order valence-corrected chi connectivity index (χ4v) is 2.10. The highest BCUT2D eigenvalue weighted by molar-refractivity contribution is 5.91. The van der Waals surface area contributed by atoms with E-state index in [0.717, 1.165) is 0 Å². The third kappa shape index (κ3) is 6.35. The Hall–Kier alpha value is -3.88. The van der Waals surface area contributed by atoms with Gasteiger partial charge in [0.2, 0.25) is 5.88 Å². The van der Waals surface area contributed by atoms with Crippen LogP contribution in [-0.2, 0) is 4.79 Å². The normalized spacial score (nSPS) is 10.4. The summed E-state index contributed by atoms with van der Waals surface area (Å²) >= 11 is 0. The van der Waals surface area contributed by atoms with Crippen molar-refractivity contribution >= 4 is 11.8 Å². The summed E-state index contributed by atoms with van der Waals surface area (Å²) in [6.45, 7) is 2.28. The van der Waals surface area contributed by atoms with Gasteiger partial charge in [-0.25, -0.2) is 4.98 Å². The Labute approximate surface area is 169 Å². The first-order valence-electron chi connectivity index (χ1n) is 8.47. The second-order valence-electron chi connectivity index (χ2n) is 5.59. The van der Waals surface area contributed by atoms with Gasteiger partial charge >= 0.3 is 0 Å². The van der Waals surface area contributed by atoms with E-state index in [-0.39, 0.29) is 17.4 Å². The lowest BCUT2D eigenvalue weighted by atomic mass is 10.1. The number of nitrogens with two attached hydrogens (primary N) is 1. The van der Waals surface area contributed by atoms with Crippen molar-refractivity contribution in [1.29, 1.82) is 0 Å². The Balaban J connectivity index is 0.00000204. The predicted molar refractivity (Wildman–Crippen MR) is 109 cm³/mol. The van der Waals surface area contributed by atoms with Crippen LogP contribution in [0.2, 0.25) is 0 Å². The molecule has 1 aromatic carbocycles. The van der Waals surface area contributed by atoms with Gasteiger partial charge in [-0.15, -0.1) is 12.8 Å². The van der Waals surface area contributed by atoms with Crippen LogP contribution in [0, 0.1) is 24.7 Å². The van der Waals surface area contributed by atoms with E-state index in [1.807, 2.05) is 0 Å². The van der Waals surface area contributed by atoms with Gasteiger partial charge < -0.3 is 20.5 Å². The first-order chi connectivity index (χ1) is 13.8. The first-order valence-corrected chi connectivity index (χ1v) is 8.47. The molecule has 0 saturated heterocycles. The maximum absolute atomic E-state index is 11.9. The predicted octanol–water partition coefficient (Wildman–Crippen LogP) is 0.691. The number of likely N-dealkylation sites (N-methyl/N-ethyl adjacent to an activating group) is 1. The monoisotopic (exact) mass is 394 g/mol. The second kappa shape index (κ2) is 11.1. The number of carbonyl (C=O) groups excluding carboxylic acids is 2. The number of methoxy groups -OCH3 is 1. The van der Waals surface area contributed by atoms with Gasteiger partial charge in [0.15, 0.2) is 11.9 Å². The molecule has 2 aromatic rings. The van der Waals surface area contributed by atoms with E-state index in [9.17, 15) is 14.7 Å². The highest BCUT2D eigenvalue weighted by Gasteiger charge is 2.15. The summed E-state index contributed by atoms with van der Waals surface area (Å²) in [6.07, 6.45) is 6.59. The topological polar surface area (TPSA) is 119 Å². The molecule has 8 nitrogen and oxygen atoms in total. The van der Waals surface area contributed by atoms with E-state index >= 15 is 0 Å². The van der Waals surface area contributed by atoms with Crippen molar-refractivity contribution in [2.45, 2.75) is 13.0 Å². The van der Waals surface area contributed by atoms with E-state index in [1.54, 1.807) is 38.2 Å². The molecule has 3 N–H and O–H groups in total. The van der Waals surface area contributed by atoms with Crippen LogP contribution >= 0.6 is 0 Å². The van der Waals surface area contributed by atoms with Gasteiger partial charge in [-0.1, -0.05) is 24.0 Å². The quantitative estimate of drug-likeness (QED) is 0.721. The number of aliphatic hydroxyl groups excluding tert-OH is 1. The van der Waals surface area contributed by atoms with E-state index < -0.39 is 17.9 Å². The molecular formula is C21H22N4O4. The smallest absolute Gasteiger partial charge is 0.267 e. The summed E-state index contributed by atoms with van der Waals surface area (Å²) in [5.74, 6) is 4.55. The van der Waals surface area contributed by atoms with Gasteiger partial charge in [0, 0.05) is 30.8 Å². The van der Waals surface area contributed by atoms with Gasteiger partial charge in [-0.3, -0.25) is 9.59 Å². The van der Waals surface area contributed by atoms with Gasteiger partial charge in [-0.2, -0.15) is 4.98 Å². The number of aromatic nitrogens is 2. The summed E-state index contributed by atoms with van der Waals surface area (Å²) < 4.78 is 5.07. The number of rotatable bonds is 5. The Morgan fingerprint density at radius 2 is 2.00 bits per heavy atom. The maximum Gasteiger partial charge on any atom is 0.267 e. The number of benzene rings is 1.